The summed E-state index contributed by atoms with van der Waals surface area (Å²) in [4.78, 5) is 0.921. The molecule has 19 heavy (non-hydrogen) atoms. The van der Waals surface area contributed by atoms with E-state index in [0.717, 1.165) is 21.8 Å². The molecule has 0 spiro atoms. The van der Waals surface area contributed by atoms with Gasteiger partial charge in [-0.2, -0.15) is 0 Å². The normalized spacial score (nSPS) is 12.5. The summed E-state index contributed by atoms with van der Waals surface area (Å²) in [6.07, 6.45) is 0. The predicted octanol–water partition coefficient (Wildman–Crippen LogP) is 3.07. The van der Waals surface area contributed by atoms with Gasteiger partial charge < -0.3 is 4.74 Å². The molecule has 102 valence electrons. The highest BCUT2D eigenvalue weighted by Gasteiger charge is 2.21. The number of hydrogen-bond acceptors (Lipinski definition) is 4. The van der Waals surface area contributed by atoms with E-state index in [1.54, 1.807) is 7.11 Å². The third kappa shape index (κ3) is 2.78. The molecule has 2 aromatic rings. The summed E-state index contributed by atoms with van der Waals surface area (Å²) in [7, 11) is 1.61. The number of hydrazine groups is 1. The molecule has 1 aromatic carbocycles. The molecule has 0 radical (unpaired) electrons. The van der Waals surface area contributed by atoms with Gasteiger partial charge in [-0.25, -0.2) is 9.82 Å². The minimum atomic E-state index is -0.366. The molecule has 0 amide bonds. The third-order valence-corrected chi connectivity index (χ3v) is 4.03. The van der Waals surface area contributed by atoms with Gasteiger partial charge in [-0.15, -0.1) is 11.3 Å². The van der Waals surface area contributed by atoms with E-state index in [9.17, 15) is 4.39 Å². The van der Waals surface area contributed by atoms with Gasteiger partial charge in [0.1, 0.15) is 11.6 Å². The van der Waals surface area contributed by atoms with Crippen LogP contribution in [-0.4, -0.2) is 7.11 Å². The van der Waals surface area contributed by atoms with Crippen LogP contribution in [0.2, 0.25) is 0 Å². The van der Waals surface area contributed by atoms with E-state index in [2.05, 4.69) is 5.43 Å². The maximum Gasteiger partial charge on any atom is 0.129 e. The quantitative estimate of drug-likeness (QED) is 0.668. The molecular formula is C14H17FN2OS. The molecule has 1 aromatic heterocycles. The highest BCUT2D eigenvalue weighted by atomic mass is 32.1. The zero-order chi connectivity index (χ0) is 14.0. The number of ether oxygens (including phenoxy) is 1. The van der Waals surface area contributed by atoms with Crippen LogP contribution >= 0.6 is 11.3 Å². The van der Waals surface area contributed by atoms with Crippen LogP contribution < -0.4 is 16.0 Å². The first-order chi connectivity index (χ1) is 9.06. The average molecular weight is 280 g/mol. The third-order valence-electron chi connectivity index (χ3n) is 3.05. The Bertz CT molecular complexity index is 560. The van der Waals surface area contributed by atoms with E-state index in [-0.39, 0.29) is 11.9 Å². The van der Waals surface area contributed by atoms with Gasteiger partial charge >= 0.3 is 0 Å². The summed E-state index contributed by atoms with van der Waals surface area (Å²) in [6.45, 7) is 3.76. The van der Waals surface area contributed by atoms with Gasteiger partial charge in [0, 0.05) is 15.8 Å². The van der Waals surface area contributed by atoms with Gasteiger partial charge in [0.05, 0.1) is 13.2 Å². The second kappa shape index (κ2) is 5.69. The van der Waals surface area contributed by atoms with E-state index >= 15 is 0 Å². The van der Waals surface area contributed by atoms with E-state index < -0.39 is 0 Å². The summed E-state index contributed by atoms with van der Waals surface area (Å²) in [5, 5.41) is 1.88. The molecule has 1 unspecified atom stereocenters. The molecular weight excluding hydrogens is 263 g/mol. The van der Waals surface area contributed by atoms with Gasteiger partial charge in [-0.3, -0.25) is 5.84 Å². The Labute approximate surface area is 116 Å². The highest BCUT2D eigenvalue weighted by Crippen LogP contribution is 2.33. The van der Waals surface area contributed by atoms with Crippen molar-refractivity contribution in [2.45, 2.75) is 19.9 Å². The molecule has 5 heteroatoms. The van der Waals surface area contributed by atoms with E-state index in [1.807, 2.05) is 31.4 Å². The Hall–Kier alpha value is -1.43. The SMILES string of the molecule is COc1csc(C(NN)c2c(C)cc(C)cc2F)c1. The van der Waals surface area contributed by atoms with Crippen LogP contribution in [0.5, 0.6) is 5.75 Å². The van der Waals surface area contributed by atoms with Crippen LogP contribution in [0.4, 0.5) is 4.39 Å². The van der Waals surface area contributed by atoms with Crippen LogP contribution in [0.15, 0.2) is 23.6 Å². The number of thiophene rings is 1. The Kier molecular flexibility index (Phi) is 4.19. The fourth-order valence-corrected chi connectivity index (χ4v) is 3.12. The van der Waals surface area contributed by atoms with Crippen molar-refractivity contribution in [3.63, 3.8) is 0 Å². The molecule has 2 rings (SSSR count). The second-order valence-electron chi connectivity index (χ2n) is 4.47. The van der Waals surface area contributed by atoms with Crippen molar-refractivity contribution >= 4 is 11.3 Å². The molecule has 0 saturated heterocycles. The minimum absolute atomic E-state index is 0.243. The second-order valence-corrected chi connectivity index (χ2v) is 5.41. The molecule has 3 N–H and O–H groups in total. The van der Waals surface area contributed by atoms with Crippen molar-refractivity contribution < 1.29 is 9.13 Å². The number of nitrogens with two attached hydrogens (primary N) is 1. The first-order valence-electron chi connectivity index (χ1n) is 5.92. The maximum atomic E-state index is 14.2. The van der Waals surface area contributed by atoms with Crippen molar-refractivity contribution in [1.29, 1.82) is 0 Å². The van der Waals surface area contributed by atoms with E-state index in [0.29, 0.717) is 5.56 Å². The number of methoxy groups -OCH3 is 1. The minimum Gasteiger partial charge on any atom is -0.496 e. The predicted molar refractivity (Wildman–Crippen MR) is 75.9 cm³/mol. The van der Waals surface area contributed by atoms with E-state index in [1.165, 1.54) is 17.4 Å². The van der Waals surface area contributed by atoms with Crippen LogP contribution in [0.1, 0.15) is 27.6 Å². The van der Waals surface area contributed by atoms with Crippen molar-refractivity contribution in [2.24, 2.45) is 5.84 Å². The molecule has 1 atom stereocenters. The van der Waals surface area contributed by atoms with Gasteiger partial charge in [0.25, 0.3) is 0 Å². The summed E-state index contributed by atoms with van der Waals surface area (Å²) in [5.41, 5.74) is 5.05. The van der Waals surface area contributed by atoms with Crippen LogP contribution in [0.3, 0.4) is 0 Å². The smallest absolute Gasteiger partial charge is 0.129 e. The standard InChI is InChI=1S/C14H17FN2OS/c1-8-4-9(2)13(11(15)5-8)14(17-16)12-6-10(18-3)7-19-12/h4-7,14,17H,16H2,1-3H3. The molecule has 1 heterocycles. The lowest BCUT2D eigenvalue weighted by Gasteiger charge is -2.18. The topological polar surface area (TPSA) is 47.3 Å². The summed E-state index contributed by atoms with van der Waals surface area (Å²) >= 11 is 1.49. The molecule has 0 bridgehead atoms. The Morgan fingerprint density at radius 2 is 2.05 bits per heavy atom. The van der Waals surface area contributed by atoms with Crippen LogP contribution in [0.25, 0.3) is 0 Å². The van der Waals surface area contributed by atoms with Gasteiger partial charge in [0.15, 0.2) is 0 Å². The number of hydrogen-bond donors (Lipinski definition) is 2. The number of halogens is 1. The first kappa shape index (κ1) is 14.0. The van der Waals surface area contributed by atoms with Crippen molar-refractivity contribution in [3.8, 4) is 5.75 Å². The lowest BCUT2D eigenvalue weighted by molar-refractivity contribution is 0.416. The number of nitrogens with one attached hydrogen (secondary N) is 1. The largest absolute Gasteiger partial charge is 0.496 e. The zero-order valence-electron chi connectivity index (χ0n) is 11.2. The Balaban J connectivity index is 2.47. The fraction of sp³-hybridized carbons (Fsp3) is 0.286. The lowest BCUT2D eigenvalue weighted by atomic mass is 9.97. The van der Waals surface area contributed by atoms with Gasteiger partial charge in [-0.1, -0.05) is 6.07 Å². The molecule has 0 aliphatic heterocycles. The van der Waals surface area contributed by atoms with Crippen molar-refractivity contribution in [2.75, 3.05) is 7.11 Å². The number of rotatable bonds is 4. The van der Waals surface area contributed by atoms with Gasteiger partial charge in [0.2, 0.25) is 0 Å². The maximum absolute atomic E-state index is 14.2. The Morgan fingerprint density at radius 3 is 2.58 bits per heavy atom. The Morgan fingerprint density at radius 1 is 1.32 bits per heavy atom. The van der Waals surface area contributed by atoms with Crippen LogP contribution in [-0.2, 0) is 0 Å². The first-order valence-corrected chi connectivity index (χ1v) is 6.80. The molecule has 0 aliphatic carbocycles. The summed E-state index contributed by atoms with van der Waals surface area (Å²) in [6, 6.07) is 4.98. The monoisotopic (exact) mass is 280 g/mol. The highest BCUT2D eigenvalue weighted by molar-refractivity contribution is 7.10. The molecule has 0 saturated carbocycles. The van der Waals surface area contributed by atoms with Crippen LogP contribution in [0, 0.1) is 19.7 Å². The number of aryl methyl sites for hydroxylation is 2. The van der Waals surface area contributed by atoms with E-state index in [4.69, 9.17) is 10.6 Å². The summed E-state index contributed by atoms with van der Waals surface area (Å²) in [5.74, 6) is 6.12. The lowest BCUT2D eigenvalue weighted by Crippen LogP contribution is -2.29. The van der Waals surface area contributed by atoms with Crippen molar-refractivity contribution in [1.82, 2.24) is 5.43 Å². The van der Waals surface area contributed by atoms with Crippen molar-refractivity contribution in [3.05, 3.63) is 51.0 Å². The zero-order valence-corrected chi connectivity index (χ0v) is 12.0. The molecule has 3 nitrogen and oxygen atoms in total. The molecule has 0 fully saturated rings. The molecule has 0 aliphatic rings. The fourth-order valence-electron chi connectivity index (χ4n) is 2.19. The number of benzene rings is 1. The average Bonchev–Trinajstić information content (AvgIpc) is 2.81. The summed E-state index contributed by atoms with van der Waals surface area (Å²) < 4.78 is 19.4. The van der Waals surface area contributed by atoms with Gasteiger partial charge in [-0.05, 0) is 37.1 Å².